The molecular formula is C16H23NO4. The van der Waals surface area contributed by atoms with Crippen LogP contribution in [-0.4, -0.2) is 30.5 Å². The van der Waals surface area contributed by atoms with Gasteiger partial charge in [-0.3, -0.25) is 4.90 Å². The molecule has 0 saturated heterocycles. The fourth-order valence-electron chi connectivity index (χ4n) is 2.41. The van der Waals surface area contributed by atoms with Gasteiger partial charge in [0.05, 0.1) is 18.4 Å². The Balaban J connectivity index is 2.41. The van der Waals surface area contributed by atoms with Crippen molar-refractivity contribution in [2.45, 2.75) is 45.3 Å². The van der Waals surface area contributed by atoms with E-state index in [0.29, 0.717) is 30.0 Å². The summed E-state index contributed by atoms with van der Waals surface area (Å²) in [7, 11) is 1.57. The van der Waals surface area contributed by atoms with Crippen molar-refractivity contribution in [1.82, 2.24) is 0 Å². The standard InChI is InChI=1S/C16H23NO4/c1-15(2,3)21-14(18)17-9-8-16(4,19)12-7-6-11(20-5)10-13(12)17/h6-7,10,19H,8-9H2,1-5H3. The quantitative estimate of drug-likeness (QED) is 0.864. The molecule has 1 amide bonds. The highest BCUT2D eigenvalue weighted by Crippen LogP contribution is 2.40. The zero-order chi connectivity index (χ0) is 15.8. The summed E-state index contributed by atoms with van der Waals surface area (Å²) in [6.07, 6.45) is 0.0541. The van der Waals surface area contributed by atoms with Crippen LogP contribution in [0.25, 0.3) is 0 Å². The Hall–Kier alpha value is -1.75. The highest BCUT2D eigenvalue weighted by molar-refractivity contribution is 5.90. The van der Waals surface area contributed by atoms with Crippen LogP contribution in [0, 0.1) is 0 Å². The molecule has 1 atom stereocenters. The van der Waals surface area contributed by atoms with E-state index in [2.05, 4.69) is 0 Å². The topological polar surface area (TPSA) is 59.0 Å². The molecular weight excluding hydrogens is 270 g/mol. The van der Waals surface area contributed by atoms with Crippen LogP contribution in [0.1, 0.15) is 39.7 Å². The van der Waals surface area contributed by atoms with Gasteiger partial charge in [0, 0.05) is 18.2 Å². The van der Waals surface area contributed by atoms with Gasteiger partial charge >= 0.3 is 6.09 Å². The van der Waals surface area contributed by atoms with Gasteiger partial charge in [0.15, 0.2) is 0 Å². The van der Waals surface area contributed by atoms with E-state index in [-0.39, 0.29) is 0 Å². The first-order chi connectivity index (χ1) is 9.64. The van der Waals surface area contributed by atoms with Crippen molar-refractivity contribution in [2.24, 2.45) is 0 Å². The molecule has 0 bridgehead atoms. The third-order valence-electron chi connectivity index (χ3n) is 3.51. The first-order valence-corrected chi connectivity index (χ1v) is 7.05. The fraction of sp³-hybridized carbons (Fsp3) is 0.562. The lowest BCUT2D eigenvalue weighted by Crippen LogP contribution is -2.44. The first kappa shape index (κ1) is 15.6. The molecule has 5 heteroatoms. The average Bonchev–Trinajstić information content (AvgIpc) is 2.35. The van der Waals surface area contributed by atoms with E-state index in [1.807, 2.05) is 20.8 Å². The summed E-state index contributed by atoms with van der Waals surface area (Å²) in [6, 6.07) is 5.34. The SMILES string of the molecule is COc1ccc2c(c1)N(C(=O)OC(C)(C)C)CCC2(C)O. The number of rotatable bonds is 1. The number of hydrogen-bond acceptors (Lipinski definition) is 4. The summed E-state index contributed by atoms with van der Waals surface area (Å²) in [4.78, 5) is 13.9. The van der Waals surface area contributed by atoms with Crippen molar-refractivity contribution >= 4 is 11.8 Å². The molecule has 1 heterocycles. The van der Waals surface area contributed by atoms with E-state index >= 15 is 0 Å². The van der Waals surface area contributed by atoms with E-state index in [1.54, 1.807) is 37.1 Å². The lowest BCUT2D eigenvalue weighted by Gasteiger charge is -2.38. The Morgan fingerprint density at radius 3 is 2.62 bits per heavy atom. The van der Waals surface area contributed by atoms with Crippen molar-refractivity contribution in [1.29, 1.82) is 0 Å². The summed E-state index contributed by atoms with van der Waals surface area (Å²) in [6.45, 7) is 7.65. The number of aliphatic hydroxyl groups is 1. The summed E-state index contributed by atoms with van der Waals surface area (Å²) >= 11 is 0. The molecule has 1 aliphatic heterocycles. The maximum atomic E-state index is 12.4. The molecule has 1 aliphatic rings. The second-order valence-electron chi connectivity index (χ2n) is 6.54. The lowest BCUT2D eigenvalue weighted by molar-refractivity contribution is 0.0379. The van der Waals surface area contributed by atoms with E-state index in [4.69, 9.17) is 9.47 Å². The van der Waals surface area contributed by atoms with Crippen LogP contribution in [0.5, 0.6) is 5.75 Å². The Morgan fingerprint density at radius 2 is 2.05 bits per heavy atom. The van der Waals surface area contributed by atoms with E-state index in [9.17, 15) is 9.90 Å². The minimum absolute atomic E-state index is 0.405. The minimum atomic E-state index is -0.958. The van der Waals surface area contributed by atoms with Crippen LogP contribution in [0.3, 0.4) is 0 Å². The number of carbonyl (C=O) groups excluding carboxylic acids is 1. The van der Waals surface area contributed by atoms with E-state index in [0.717, 1.165) is 0 Å². The third kappa shape index (κ3) is 3.29. The van der Waals surface area contributed by atoms with E-state index in [1.165, 1.54) is 0 Å². The predicted octanol–water partition coefficient (Wildman–Crippen LogP) is 3.05. The second kappa shape index (κ2) is 5.22. The molecule has 0 saturated carbocycles. The second-order valence-corrected chi connectivity index (χ2v) is 6.54. The number of benzene rings is 1. The number of carbonyl (C=O) groups is 1. The maximum Gasteiger partial charge on any atom is 0.414 e. The van der Waals surface area contributed by atoms with Crippen molar-refractivity contribution in [3.8, 4) is 5.75 Å². The molecule has 2 rings (SSSR count). The molecule has 21 heavy (non-hydrogen) atoms. The van der Waals surface area contributed by atoms with Crippen molar-refractivity contribution in [3.63, 3.8) is 0 Å². The normalized spacial score (nSPS) is 21.7. The number of amides is 1. The number of ether oxygens (including phenoxy) is 2. The largest absolute Gasteiger partial charge is 0.497 e. The molecule has 1 unspecified atom stereocenters. The Bertz CT molecular complexity index is 546. The Kier molecular flexibility index (Phi) is 3.89. The molecule has 1 aromatic rings. The Labute approximate surface area is 125 Å². The molecule has 1 aromatic carbocycles. The summed E-state index contributed by atoms with van der Waals surface area (Å²) in [5.41, 5.74) is -0.170. The van der Waals surface area contributed by atoms with Crippen molar-refractivity contribution in [3.05, 3.63) is 23.8 Å². The van der Waals surface area contributed by atoms with Gasteiger partial charge in [0.25, 0.3) is 0 Å². The smallest absolute Gasteiger partial charge is 0.414 e. The Morgan fingerprint density at radius 1 is 1.38 bits per heavy atom. The van der Waals surface area contributed by atoms with Crippen molar-refractivity contribution < 1.29 is 19.4 Å². The maximum absolute atomic E-state index is 12.4. The number of nitrogens with zero attached hydrogens (tertiary/aromatic N) is 1. The highest BCUT2D eigenvalue weighted by Gasteiger charge is 2.37. The van der Waals surface area contributed by atoms with Gasteiger partial charge in [-0.05, 0) is 40.2 Å². The molecule has 0 aliphatic carbocycles. The molecule has 5 nitrogen and oxygen atoms in total. The summed E-state index contributed by atoms with van der Waals surface area (Å²) in [5.74, 6) is 0.639. The van der Waals surface area contributed by atoms with Gasteiger partial charge in [-0.15, -0.1) is 0 Å². The monoisotopic (exact) mass is 293 g/mol. The van der Waals surface area contributed by atoms with Gasteiger partial charge in [0.2, 0.25) is 0 Å². The van der Waals surface area contributed by atoms with Gasteiger partial charge in [-0.2, -0.15) is 0 Å². The van der Waals surface area contributed by atoms with Crippen LogP contribution in [0.4, 0.5) is 10.5 Å². The highest BCUT2D eigenvalue weighted by atomic mass is 16.6. The molecule has 0 spiro atoms. The van der Waals surface area contributed by atoms with Gasteiger partial charge in [0.1, 0.15) is 11.4 Å². The predicted molar refractivity (Wildman–Crippen MR) is 80.8 cm³/mol. The van der Waals surface area contributed by atoms with Crippen molar-refractivity contribution in [2.75, 3.05) is 18.6 Å². The van der Waals surface area contributed by atoms with Crippen LogP contribution >= 0.6 is 0 Å². The first-order valence-electron chi connectivity index (χ1n) is 7.05. The lowest BCUT2D eigenvalue weighted by atomic mass is 9.87. The molecule has 0 aromatic heterocycles. The molecule has 0 radical (unpaired) electrons. The average molecular weight is 293 g/mol. The number of methoxy groups -OCH3 is 1. The fourth-order valence-corrected chi connectivity index (χ4v) is 2.41. The van der Waals surface area contributed by atoms with E-state index < -0.39 is 17.3 Å². The van der Waals surface area contributed by atoms with Gasteiger partial charge < -0.3 is 14.6 Å². The number of fused-ring (bicyclic) bond motifs is 1. The zero-order valence-corrected chi connectivity index (χ0v) is 13.3. The van der Waals surface area contributed by atoms with Gasteiger partial charge in [-0.1, -0.05) is 6.07 Å². The van der Waals surface area contributed by atoms with Crippen LogP contribution in [0.15, 0.2) is 18.2 Å². The molecule has 0 fully saturated rings. The summed E-state index contributed by atoms with van der Waals surface area (Å²) < 4.78 is 10.7. The molecule has 116 valence electrons. The summed E-state index contributed by atoms with van der Waals surface area (Å²) in [5, 5.41) is 10.5. The number of hydrogen-bond donors (Lipinski definition) is 1. The third-order valence-corrected chi connectivity index (χ3v) is 3.51. The van der Waals surface area contributed by atoms with Crippen LogP contribution in [-0.2, 0) is 10.3 Å². The molecule has 1 N–H and O–H groups in total. The zero-order valence-electron chi connectivity index (χ0n) is 13.3. The van der Waals surface area contributed by atoms with Gasteiger partial charge in [-0.25, -0.2) is 4.79 Å². The van der Waals surface area contributed by atoms with Crippen LogP contribution < -0.4 is 9.64 Å². The minimum Gasteiger partial charge on any atom is -0.497 e. The number of anilines is 1. The van der Waals surface area contributed by atoms with Crippen LogP contribution in [0.2, 0.25) is 0 Å².